The Morgan fingerprint density at radius 3 is 2.35 bits per heavy atom. The van der Waals surface area contributed by atoms with Crippen molar-refractivity contribution in [1.29, 1.82) is 0 Å². The summed E-state index contributed by atoms with van der Waals surface area (Å²) < 4.78 is 14.6. The molecule has 5 heteroatoms. The summed E-state index contributed by atoms with van der Waals surface area (Å²) in [4.78, 5) is 28.5. The highest BCUT2D eigenvalue weighted by Crippen LogP contribution is 2.18. The Kier molecular flexibility index (Phi) is 9.39. The second-order valence-electron chi connectivity index (χ2n) is 8.63. The minimum absolute atomic E-state index is 0.0238. The van der Waals surface area contributed by atoms with Crippen LogP contribution in [0.25, 0.3) is 0 Å². The highest BCUT2D eigenvalue weighted by molar-refractivity contribution is 5.88. The van der Waals surface area contributed by atoms with Crippen LogP contribution in [0.3, 0.4) is 0 Å². The maximum absolute atomic E-state index is 14.6. The van der Waals surface area contributed by atoms with Gasteiger partial charge in [-0.2, -0.15) is 0 Å². The van der Waals surface area contributed by atoms with Crippen LogP contribution in [0.5, 0.6) is 0 Å². The number of nitrogens with one attached hydrogen (secondary N) is 1. The first-order valence-electron chi connectivity index (χ1n) is 11.9. The molecule has 0 aliphatic rings. The number of carbonyl (C=O) groups excluding carboxylic acids is 2. The molecular weight excluding hydrogens is 427 g/mol. The smallest absolute Gasteiger partial charge is 0.243 e. The number of amides is 2. The summed E-state index contributed by atoms with van der Waals surface area (Å²) in [6.07, 6.45) is 2.31. The Morgan fingerprint density at radius 1 is 0.941 bits per heavy atom. The molecule has 0 aliphatic heterocycles. The van der Waals surface area contributed by atoms with Gasteiger partial charge in [0.05, 0.1) is 6.42 Å². The van der Waals surface area contributed by atoms with E-state index in [2.05, 4.69) is 12.2 Å². The van der Waals surface area contributed by atoms with Crippen molar-refractivity contribution in [2.75, 3.05) is 6.54 Å². The standard InChI is InChI=1S/C29H33FN2O2/c1-3-4-17-31-29(34)27(19-23-12-6-5-7-13-23)32(21-25-15-8-9-16-26(25)30)28(33)20-24-14-10-11-22(2)18-24/h5-16,18,27H,3-4,17,19-21H2,1-2H3,(H,31,34). The van der Waals surface area contributed by atoms with Gasteiger partial charge in [-0.25, -0.2) is 4.39 Å². The molecule has 4 nitrogen and oxygen atoms in total. The number of rotatable bonds is 11. The summed E-state index contributed by atoms with van der Waals surface area (Å²) in [6.45, 7) is 4.60. The lowest BCUT2D eigenvalue weighted by Gasteiger charge is -2.32. The van der Waals surface area contributed by atoms with Crippen LogP contribution >= 0.6 is 0 Å². The quantitative estimate of drug-likeness (QED) is 0.398. The van der Waals surface area contributed by atoms with Gasteiger partial charge < -0.3 is 10.2 Å². The van der Waals surface area contributed by atoms with Crippen molar-refractivity contribution < 1.29 is 14.0 Å². The fraction of sp³-hybridized carbons (Fsp3) is 0.310. The average molecular weight is 461 g/mol. The van der Waals surface area contributed by atoms with Crippen LogP contribution in [-0.4, -0.2) is 29.3 Å². The first-order valence-corrected chi connectivity index (χ1v) is 11.9. The van der Waals surface area contributed by atoms with Crippen LogP contribution in [0.15, 0.2) is 78.9 Å². The lowest BCUT2D eigenvalue weighted by molar-refractivity contribution is -0.140. The van der Waals surface area contributed by atoms with E-state index < -0.39 is 6.04 Å². The molecule has 1 unspecified atom stereocenters. The average Bonchev–Trinajstić information content (AvgIpc) is 2.83. The van der Waals surface area contributed by atoms with Gasteiger partial charge in [0.1, 0.15) is 11.9 Å². The monoisotopic (exact) mass is 460 g/mol. The molecule has 178 valence electrons. The van der Waals surface area contributed by atoms with E-state index >= 15 is 0 Å². The lowest BCUT2D eigenvalue weighted by atomic mass is 10.0. The zero-order chi connectivity index (χ0) is 24.3. The van der Waals surface area contributed by atoms with Crippen LogP contribution in [0, 0.1) is 12.7 Å². The molecular formula is C29H33FN2O2. The molecule has 0 saturated heterocycles. The number of carbonyl (C=O) groups is 2. The number of unbranched alkanes of at least 4 members (excludes halogenated alkanes) is 1. The minimum atomic E-state index is -0.754. The van der Waals surface area contributed by atoms with Crippen LogP contribution in [0.2, 0.25) is 0 Å². The van der Waals surface area contributed by atoms with Gasteiger partial charge >= 0.3 is 0 Å². The maximum atomic E-state index is 14.6. The van der Waals surface area contributed by atoms with Gasteiger partial charge in [0.25, 0.3) is 0 Å². The van der Waals surface area contributed by atoms with Gasteiger partial charge in [-0.05, 0) is 30.5 Å². The fourth-order valence-corrected chi connectivity index (χ4v) is 3.97. The van der Waals surface area contributed by atoms with Crippen molar-refractivity contribution in [2.45, 2.75) is 52.1 Å². The molecule has 3 aromatic carbocycles. The number of hydrogen-bond acceptors (Lipinski definition) is 2. The van der Waals surface area contributed by atoms with Crippen molar-refractivity contribution in [3.8, 4) is 0 Å². The predicted molar refractivity (Wildman–Crippen MR) is 134 cm³/mol. The Balaban J connectivity index is 1.95. The van der Waals surface area contributed by atoms with E-state index in [9.17, 15) is 14.0 Å². The Bertz CT molecular complexity index is 1080. The van der Waals surface area contributed by atoms with E-state index in [1.807, 2.05) is 61.5 Å². The number of aryl methyl sites for hydroxylation is 1. The minimum Gasteiger partial charge on any atom is -0.354 e. The van der Waals surface area contributed by atoms with Crippen LogP contribution < -0.4 is 5.32 Å². The van der Waals surface area contributed by atoms with Crippen molar-refractivity contribution >= 4 is 11.8 Å². The van der Waals surface area contributed by atoms with Crippen LogP contribution in [0.1, 0.15) is 42.0 Å². The molecule has 0 fully saturated rings. The normalized spacial score (nSPS) is 11.6. The number of nitrogens with zero attached hydrogens (tertiary/aromatic N) is 1. The Morgan fingerprint density at radius 2 is 1.65 bits per heavy atom. The molecule has 3 aromatic rings. The predicted octanol–water partition coefficient (Wildman–Crippen LogP) is 5.23. The third kappa shape index (κ3) is 7.27. The number of halogens is 1. The number of hydrogen-bond donors (Lipinski definition) is 1. The van der Waals surface area contributed by atoms with E-state index in [1.165, 1.54) is 11.0 Å². The summed E-state index contributed by atoms with van der Waals surface area (Å²) in [6, 6.07) is 23.0. The summed E-state index contributed by atoms with van der Waals surface area (Å²) in [5, 5.41) is 2.99. The highest BCUT2D eigenvalue weighted by atomic mass is 19.1. The van der Waals surface area contributed by atoms with Crippen molar-refractivity contribution in [1.82, 2.24) is 10.2 Å². The second kappa shape index (κ2) is 12.7. The largest absolute Gasteiger partial charge is 0.354 e. The first-order chi connectivity index (χ1) is 16.5. The van der Waals surface area contributed by atoms with Gasteiger partial charge in [-0.1, -0.05) is 91.7 Å². The van der Waals surface area contributed by atoms with Crippen LogP contribution in [0.4, 0.5) is 4.39 Å². The molecule has 0 aliphatic carbocycles. The van der Waals surface area contributed by atoms with Crippen molar-refractivity contribution in [2.24, 2.45) is 0 Å². The Labute approximate surface area is 201 Å². The first kappa shape index (κ1) is 25.2. The molecule has 0 aromatic heterocycles. The lowest BCUT2D eigenvalue weighted by Crippen LogP contribution is -2.51. The molecule has 1 atom stereocenters. The molecule has 0 bridgehead atoms. The second-order valence-corrected chi connectivity index (χ2v) is 8.63. The van der Waals surface area contributed by atoms with Gasteiger partial charge in [0.2, 0.25) is 11.8 Å². The zero-order valence-electron chi connectivity index (χ0n) is 20.0. The van der Waals surface area contributed by atoms with Crippen molar-refractivity contribution in [3.63, 3.8) is 0 Å². The van der Waals surface area contributed by atoms with Gasteiger partial charge in [0.15, 0.2) is 0 Å². The molecule has 3 rings (SSSR count). The molecule has 0 heterocycles. The molecule has 1 N–H and O–H groups in total. The molecule has 0 radical (unpaired) electrons. The summed E-state index contributed by atoms with van der Waals surface area (Å²) in [5.74, 6) is -0.813. The number of benzene rings is 3. The van der Waals surface area contributed by atoms with E-state index in [0.717, 1.165) is 29.5 Å². The molecule has 2 amide bonds. The fourth-order valence-electron chi connectivity index (χ4n) is 3.97. The van der Waals surface area contributed by atoms with E-state index in [4.69, 9.17) is 0 Å². The van der Waals surface area contributed by atoms with E-state index in [0.29, 0.717) is 18.5 Å². The third-order valence-electron chi connectivity index (χ3n) is 5.84. The van der Waals surface area contributed by atoms with Crippen molar-refractivity contribution in [3.05, 3.63) is 107 Å². The summed E-state index contributed by atoms with van der Waals surface area (Å²) in [7, 11) is 0. The van der Waals surface area contributed by atoms with Gasteiger partial charge in [-0.15, -0.1) is 0 Å². The van der Waals surface area contributed by atoms with E-state index in [1.54, 1.807) is 18.2 Å². The van der Waals surface area contributed by atoms with Gasteiger partial charge in [0, 0.05) is 25.1 Å². The molecule has 0 saturated carbocycles. The topological polar surface area (TPSA) is 49.4 Å². The van der Waals surface area contributed by atoms with Gasteiger partial charge in [-0.3, -0.25) is 9.59 Å². The molecule has 34 heavy (non-hydrogen) atoms. The Hall–Kier alpha value is -3.47. The zero-order valence-corrected chi connectivity index (χ0v) is 20.0. The maximum Gasteiger partial charge on any atom is 0.243 e. The summed E-state index contributed by atoms with van der Waals surface area (Å²) in [5.41, 5.74) is 3.26. The highest BCUT2D eigenvalue weighted by Gasteiger charge is 2.30. The SMILES string of the molecule is CCCCNC(=O)C(Cc1ccccc1)N(Cc1ccccc1F)C(=O)Cc1cccc(C)c1. The van der Waals surface area contributed by atoms with E-state index in [-0.39, 0.29) is 30.6 Å². The van der Waals surface area contributed by atoms with Crippen LogP contribution in [-0.2, 0) is 29.0 Å². The molecule has 0 spiro atoms. The third-order valence-corrected chi connectivity index (χ3v) is 5.84. The summed E-state index contributed by atoms with van der Waals surface area (Å²) >= 11 is 0.